The normalized spacial score (nSPS) is 11.7. The summed E-state index contributed by atoms with van der Waals surface area (Å²) in [6, 6.07) is 16.4. The number of nitrogens with zero attached hydrogens (tertiary/aromatic N) is 2. The van der Waals surface area contributed by atoms with Crippen molar-refractivity contribution in [3.63, 3.8) is 0 Å². The molecular formula is C29H29N3O6. The highest BCUT2D eigenvalue weighted by atomic mass is 16.5. The number of benzene rings is 3. The van der Waals surface area contributed by atoms with E-state index >= 15 is 0 Å². The molecule has 2 heterocycles. The quantitative estimate of drug-likeness (QED) is 0.340. The Labute approximate surface area is 220 Å². The van der Waals surface area contributed by atoms with Crippen LogP contribution in [0, 0.1) is 13.8 Å². The predicted molar refractivity (Wildman–Crippen MR) is 144 cm³/mol. The number of methoxy groups -OCH3 is 3. The molecule has 196 valence electrons. The number of hydrogen-bond donors (Lipinski definition) is 1. The number of aromatic nitrogens is 2. The minimum Gasteiger partial charge on any atom is -0.497 e. The first-order valence-electron chi connectivity index (χ1n) is 12.1. The highest BCUT2D eigenvalue weighted by molar-refractivity contribution is 5.92. The first-order chi connectivity index (χ1) is 18.3. The summed E-state index contributed by atoms with van der Waals surface area (Å²) in [7, 11) is 4.64. The summed E-state index contributed by atoms with van der Waals surface area (Å²) in [5.74, 6) is 2.09. The Morgan fingerprint density at radius 1 is 0.947 bits per heavy atom. The fourth-order valence-electron chi connectivity index (χ4n) is 4.59. The number of amides is 1. The number of carbonyl (C=O) groups excluding carboxylic acids is 1. The zero-order chi connectivity index (χ0) is 27.0. The molecule has 0 saturated carbocycles. The van der Waals surface area contributed by atoms with Crippen LogP contribution in [-0.2, 0) is 17.8 Å². The molecule has 1 aliphatic rings. The van der Waals surface area contributed by atoms with Crippen LogP contribution in [0.25, 0.3) is 5.69 Å². The molecular weight excluding hydrogens is 486 g/mol. The second-order valence-electron chi connectivity index (χ2n) is 9.07. The Balaban J connectivity index is 1.59. The van der Waals surface area contributed by atoms with Gasteiger partial charge in [0.2, 0.25) is 11.8 Å². The maximum absolute atomic E-state index is 13.8. The van der Waals surface area contributed by atoms with E-state index in [1.165, 1.54) is 11.8 Å². The van der Waals surface area contributed by atoms with Crippen molar-refractivity contribution in [3.8, 4) is 34.6 Å². The summed E-state index contributed by atoms with van der Waals surface area (Å²) in [5.41, 5.74) is 4.31. The van der Waals surface area contributed by atoms with Gasteiger partial charge in [-0.3, -0.25) is 9.59 Å². The van der Waals surface area contributed by atoms with Crippen LogP contribution in [-0.4, -0.2) is 36.6 Å². The first-order valence-corrected chi connectivity index (χ1v) is 12.1. The molecule has 38 heavy (non-hydrogen) atoms. The van der Waals surface area contributed by atoms with Crippen molar-refractivity contribution in [3.05, 3.63) is 87.2 Å². The Hall–Kier alpha value is -4.66. The molecule has 1 aromatic heterocycles. The van der Waals surface area contributed by atoms with E-state index in [-0.39, 0.29) is 18.0 Å². The van der Waals surface area contributed by atoms with E-state index in [9.17, 15) is 9.59 Å². The number of anilines is 1. The molecule has 5 rings (SSSR count). The van der Waals surface area contributed by atoms with Crippen LogP contribution >= 0.6 is 0 Å². The van der Waals surface area contributed by atoms with Gasteiger partial charge in [0, 0.05) is 18.1 Å². The largest absolute Gasteiger partial charge is 0.497 e. The maximum Gasteiger partial charge on any atom is 0.278 e. The fraction of sp³-hybridized carbons (Fsp3) is 0.241. The SMILES string of the molecule is COc1ccc(NC(=O)Cn2c3c(c(=O)n2-c2ccc(C)c(C)c2)Cc2cccc(OC)c2O3)c(OC)c1. The molecule has 0 atom stereocenters. The van der Waals surface area contributed by atoms with Crippen LogP contribution < -0.4 is 29.8 Å². The van der Waals surface area contributed by atoms with Gasteiger partial charge in [0.05, 0.1) is 38.3 Å². The van der Waals surface area contributed by atoms with E-state index in [1.807, 2.05) is 44.2 Å². The second kappa shape index (κ2) is 10.0. The summed E-state index contributed by atoms with van der Waals surface area (Å²) in [5, 5.41) is 2.88. The topological polar surface area (TPSA) is 93.0 Å². The van der Waals surface area contributed by atoms with Crippen molar-refractivity contribution in [2.24, 2.45) is 0 Å². The number of nitrogens with one attached hydrogen (secondary N) is 1. The number of fused-ring (bicyclic) bond motifs is 2. The average molecular weight is 516 g/mol. The maximum atomic E-state index is 13.8. The smallest absolute Gasteiger partial charge is 0.278 e. The standard InChI is InChI=1S/C29H29N3O6/c1-17-9-10-20(13-18(17)2)32-28(34)22-14-19-7-6-8-24(36-4)27(19)38-29(22)31(32)16-26(33)30-23-12-11-21(35-3)15-25(23)37-5/h6-13,15H,14,16H2,1-5H3,(H,30,33). The molecule has 1 amide bonds. The third kappa shape index (κ3) is 4.36. The lowest BCUT2D eigenvalue weighted by Crippen LogP contribution is -2.27. The predicted octanol–water partition coefficient (Wildman–Crippen LogP) is 4.62. The van der Waals surface area contributed by atoms with Crippen molar-refractivity contribution in [1.29, 1.82) is 0 Å². The number of carbonyl (C=O) groups is 1. The molecule has 1 N–H and O–H groups in total. The second-order valence-corrected chi connectivity index (χ2v) is 9.07. The van der Waals surface area contributed by atoms with Crippen molar-refractivity contribution in [2.45, 2.75) is 26.8 Å². The summed E-state index contributed by atoms with van der Waals surface area (Å²) in [6.07, 6.45) is 0.354. The zero-order valence-corrected chi connectivity index (χ0v) is 22.0. The molecule has 9 heteroatoms. The Bertz CT molecular complexity index is 1600. The third-order valence-electron chi connectivity index (χ3n) is 6.74. The molecule has 0 spiro atoms. The molecule has 9 nitrogen and oxygen atoms in total. The van der Waals surface area contributed by atoms with Gasteiger partial charge in [-0.1, -0.05) is 18.2 Å². The van der Waals surface area contributed by atoms with Crippen molar-refractivity contribution < 1.29 is 23.7 Å². The van der Waals surface area contributed by atoms with E-state index in [0.717, 1.165) is 16.7 Å². The number of hydrogen-bond acceptors (Lipinski definition) is 6. The molecule has 4 aromatic rings. The van der Waals surface area contributed by atoms with Gasteiger partial charge in [0.25, 0.3) is 5.56 Å². The Morgan fingerprint density at radius 3 is 2.45 bits per heavy atom. The van der Waals surface area contributed by atoms with E-state index in [2.05, 4.69) is 5.32 Å². The third-order valence-corrected chi connectivity index (χ3v) is 6.74. The Morgan fingerprint density at radius 2 is 1.74 bits per heavy atom. The minimum atomic E-state index is -0.363. The van der Waals surface area contributed by atoms with Crippen LogP contribution in [0.5, 0.6) is 28.9 Å². The van der Waals surface area contributed by atoms with E-state index in [1.54, 1.807) is 43.2 Å². The van der Waals surface area contributed by atoms with Gasteiger partial charge in [-0.05, 0) is 55.3 Å². The molecule has 0 saturated heterocycles. The van der Waals surface area contributed by atoms with Gasteiger partial charge < -0.3 is 24.3 Å². The molecule has 0 fully saturated rings. The monoisotopic (exact) mass is 515 g/mol. The van der Waals surface area contributed by atoms with Crippen molar-refractivity contribution in [2.75, 3.05) is 26.6 Å². The summed E-state index contributed by atoms with van der Waals surface area (Å²) >= 11 is 0. The van der Waals surface area contributed by atoms with E-state index in [0.29, 0.717) is 52.2 Å². The molecule has 3 aromatic carbocycles. The van der Waals surface area contributed by atoms with Gasteiger partial charge in [0.15, 0.2) is 11.5 Å². The highest BCUT2D eigenvalue weighted by Crippen LogP contribution is 2.42. The number of aryl methyl sites for hydroxylation is 2. The molecule has 0 aliphatic carbocycles. The number of ether oxygens (including phenoxy) is 4. The highest BCUT2D eigenvalue weighted by Gasteiger charge is 2.31. The van der Waals surface area contributed by atoms with E-state index < -0.39 is 0 Å². The zero-order valence-electron chi connectivity index (χ0n) is 22.0. The van der Waals surface area contributed by atoms with Crippen LogP contribution in [0.3, 0.4) is 0 Å². The summed E-state index contributed by atoms with van der Waals surface area (Å²) in [4.78, 5) is 27.1. The lowest BCUT2D eigenvalue weighted by molar-refractivity contribution is -0.117. The minimum absolute atomic E-state index is 0.183. The van der Waals surface area contributed by atoms with Crippen LogP contribution in [0.4, 0.5) is 5.69 Å². The van der Waals surface area contributed by atoms with Gasteiger partial charge >= 0.3 is 0 Å². The van der Waals surface area contributed by atoms with Gasteiger partial charge in [-0.25, -0.2) is 9.36 Å². The van der Waals surface area contributed by atoms with Gasteiger partial charge in [-0.2, -0.15) is 0 Å². The number of para-hydroxylation sites is 1. The van der Waals surface area contributed by atoms with Crippen molar-refractivity contribution >= 4 is 11.6 Å². The lowest BCUT2D eigenvalue weighted by atomic mass is 10.0. The molecule has 1 aliphatic heterocycles. The fourth-order valence-corrected chi connectivity index (χ4v) is 4.59. The lowest BCUT2D eigenvalue weighted by Gasteiger charge is -2.21. The Kier molecular flexibility index (Phi) is 6.59. The van der Waals surface area contributed by atoms with Crippen molar-refractivity contribution in [1.82, 2.24) is 9.36 Å². The molecule has 0 bridgehead atoms. The van der Waals surface area contributed by atoms with Crippen LogP contribution in [0.1, 0.15) is 22.3 Å². The van der Waals surface area contributed by atoms with Gasteiger partial charge in [0.1, 0.15) is 18.0 Å². The summed E-state index contributed by atoms with van der Waals surface area (Å²) < 4.78 is 25.5. The number of rotatable bonds is 7. The molecule has 0 radical (unpaired) electrons. The molecule has 0 unspecified atom stereocenters. The van der Waals surface area contributed by atoms with E-state index in [4.69, 9.17) is 18.9 Å². The van der Waals surface area contributed by atoms with Gasteiger partial charge in [-0.15, -0.1) is 0 Å². The van der Waals surface area contributed by atoms with Crippen LogP contribution in [0.15, 0.2) is 59.4 Å². The first kappa shape index (κ1) is 25.0. The summed E-state index contributed by atoms with van der Waals surface area (Å²) in [6.45, 7) is 3.81. The van der Waals surface area contributed by atoms with Crippen LogP contribution in [0.2, 0.25) is 0 Å². The average Bonchev–Trinajstić information content (AvgIpc) is 3.18.